The average molecular weight is 395 g/mol. The Kier molecular flexibility index (Phi) is 3.96. The molecule has 2 heterocycles. The molecule has 3 aromatic rings. The molecule has 0 spiro atoms. The summed E-state index contributed by atoms with van der Waals surface area (Å²) in [6.07, 6.45) is 0. The van der Waals surface area contributed by atoms with Gasteiger partial charge in [-0.2, -0.15) is 8.75 Å². The van der Waals surface area contributed by atoms with Gasteiger partial charge in [0.15, 0.2) is 0 Å². The zero-order chi connectivity index (χ0) is 13.4. The Balaban J connectivity index is 1.94. The summed E-state index contributed by atoms with van der Waals surface area (Å²) >= 11 is 18.5. The Bertz CT molecular complexity index is 741. The van der Waals surface area contributed by atoms with E-state index in [0.717, 1.165) is 26.7 Å². The Morgan fingerprint density at radius 1 is 1.16 bits per heavy atom. The highest BCUT2D eigenvalue weighted by molar-refractivity contribution is 9.11. The maximum Gasteiger partial charge on any atom is 0.130 e. The van der Waals surface area contributed by atoms with Gasteiger partial charge in [0.25, 0.3) is 0 Å². The van der Waals surface area contributed by atoms with Gasteiger partial charge >= 0.3 is 0 Å². The van der Waals surface area contributed by atoms with Crippen LogP contribution >= 0.6 is 62.2 Å². The number of benzene rings is 1. The summed E-state index contributed by atoms with van der Waals surface area (Å²) < 4.78 is 9.53. The van der Waals surface area contributed by atoms with Crippen molar-refractivity contribution in [3.05, 3.63) is 36.9 Å². The molecule has 0 unspecified atom stereocenters. The van der Waals surface area contributed by atoms with E-state index in [4.69, 9.17) is 23.2 Å². The fraction of sp³-hybridized carbons (Fsp3) is 0.0909. The first-order chi connectivity index (χ1) is 9.15. The number of halogens is 3. The number of hydrogen-bond donors (Lipinski definition) is 1. The molecular formula is C11H6BrCl2N3S2. The summed E-state index contributed by atoms with van der Waals surface area (Å²) in [6, 6.07) is 3.76. The molecule has 8 heteroatoms. The third-order valence-electron chi connectivity index (χ3n) is 2.53. The lowest BCUT2D eigenvalue weighted by molar-refractivity contribution is 1.17. The van der Waals surface area contributed by atoms with Gasteiger partial charge in [-0.25, -0.2) is 0 Å². The van der Waals surface area contributed by atoms with Crippen molar-refractivity contribution < 1.29 is 0 Å². The minimum Gasteiger partial charge on any atom is -0.378 e. The second-order valence-corrected chi connectivity index (χ2v) is 7.42. The van der Waals surface area contributed by atoms with Gasteiger partial charge in [0.05, 0.1) is 31.2 Å². The van der Waals surface area contributed by atoms with Crippen LogP contribution in [0.1, 0.15) is 5.56 Å². The summed E-state index contributed by atoms with van der Waals surface area (Å²) in [4.78, 5) is 0. The van der Waals surface area contributed by atoms with Crippen molar-refractivity contribution in [1.82, 2.24) is 8.75 Å². The van der Waals surface area contributed by atoms with Crippen molar-refractivity contribution in [2.24, 2.45) is 0 Å². The Labute approximate surface area is 136 Å². The summed E-state index contributed by atoms with van der Waals surface area (Å²) in [5.74, 6) is 0. The third-order valence-corrected chi connectivity index (χ3v) is 5.20. The third kappa shape index (κ3) is 2.73. The van der Waals surface area contributed by atoms with Gasteiger partial charge < -0.3 is 5.32 Å². The summed E-state index contributed by atoms with van der Waals surface area (Å²) in [6.45, 7) is 0.677. The van der Waals surface area contributed by atoms with E-state index in [0.29, 0.717) is 22.1 Å². The van der Waals surface area contributed by atoms with Crippen LogP contribution in [0.2, 0.25) is 10.0 Å². The summed E-state index contributed by atoms with van der Waals surface area (Å²) in [7, 11) is 0. The van der Waals surface area contributed by atoms with Crippen molar-refractivity contribution in [1.29, 1.82) is 0 Å². The van der Waals surface area contributed by atoms with E-state index in [2.05, 4.69) is 41.4 Å². The molecule has 0 amide bonds. The number of anilines is 1. The number of thiophene rings is 1. The summed E-state index contributed by atoms with van der Waals surface area (Å²) in [5, 5.41) is 6.46. The minimum atomic E-state index is 0.526. The number of nitrogens with one attached hydrogen (secondary N) is 1. The monoisotopic (exact) mass is 393 g/mol. The van der Waals surface area contributed by atoms with Crippen LogP contribution < -0.4 is 5.32 Å². The number of hydrogen-bond acceptors (Lipinski definition) is 5. The number of rotatable bonds is 3. The quantitative estimate of drug-likeness (QED) is 0.643. The fourth-order valence-corrected chi connectivity index (χ4v) is 4.06. The van der Waals surface area contributed by atoms with Crippen LogP contribution in [0, 0.1) is 0 Å². The van der Waals surface area contributed by atoms with E-state index in [-0.39, 0.29) is 0 Å². The van der Waals surface area contributed by atoms with Crippen LogP contribution in [0.15, 0.2) is 21.3 Å². The van der Waals surface area contributed by atoms with E-state index in [9.17, 15) is 0 Å². The molecule has 0 saturated heterocycles. The maximum absolute atomic E-state index is 6.22. The molecule has 19 heavy (non-hydrogen) atoms. The topological polar surface area (TPSA) is 37.8 Å². The maximum atomic E-state index is 6.22. The molecule has 98 valence electrons. The molecule has 0 aliphatic heterocycles. The predicted molar refractivity (Wildman–Crippen MR) is 86.8 cm³/mol. The average Bonchev–Trinajstić information content (AvgIpc) is 2.98. The van der Waals surface area contributed by atoms with Crippen LogP contribution in [-0.4, -0.2) is 8.75 Å². The highest BCUT2D eigenvalue weighted by Gasteiger charge is 2.13. The van der Waals surface area contributed by atoms with Crippen molar-refractivity contribution in [3.8, 4) is 0 Å². The predicted octanol–water partition coefficient (Wildman–Crippen LogP) is 5.43. The number of nitrogens with zero attached hydrogens (tertiary/aromatic N) is 2. The molecule has 0 aliphatic rings. The lowest BCUT2D eigenvalue weighted by Crippen LogP contribution is -1.99. The van der Waals surface area contributed by atoms with Crippen LogP contribution in [0.3, 0.4) is 0 Å². The zero-order valence-electron chi connectivity index (χ0n) is 9.28. The molecule has 0 fully saturated rings. The molecule has 2 aromatic heterocycles. The molecule has 1 aromatic carbocycles. The SMILES string of the molecule is Clc1cc(Cl)c2nsnc2c1NCc1csc(Br)c1. The van der Waals surface area contributed by atoms with Gasteiger partial charge in [-0.15, -0.1) is 11.3 Å². The standard InChI is InChI=1S/C11H6BrCl2N3S2/c12-8-1-5(4-18-8)3-15-9-6(13)2-7(14)10-11(9)17-19-16-10/h1-2,4,15H,3H2. The lowest BCUT2D eigenvalue weighted by atomic mass is 10.2. The first-order valence-electron chi connectivity index (χ1n) is 5.22. The minimum absolute atomic E-state index is 0.526. The van der Waals surface area contributed by atoms with Crippen LogP contribution in [0.25, 0.3) is 11.0 Å². The van der Waals surface area contributed by atoms with E-state index >= 15 is 0 Å². The first kappa shape index (κ1) is 13.6. The van der Waals surface area contributed by atoms with Crippen molar-refractivity contribution in [2.75, 3.05) is 5.32 Å². The lowest BCUT2D eigenvalue weighted by Gasteiger charge is -2.08. The Morgan fingerprint density at radius 2 is 1.95 bits per heavy atom. The van der Waals surface area contributed by atoms with Crippen molar-refractivity contribution in [3.63, 3.8) is 0 Å². The second kappa shape index (κ2) is 5.54. The van der Waals surface area contributed by atoms with Gasteiger partial charge in [-0.1, -0.05) is 23.2 Å². The van der Waals surface area contributed by atoms with Gasteiger partial charge in [0.1, 0.15) is 11.0 Å². The van der Waals surface area contributed by atoms with Gasteiger partial charge in [0.2, 0.25) is 0 Å². The fourth-order valence-electron chi connectivity index (χ4n) is 1.67. The molecule has 0 aliphatic carbocycles. The van der Waals surface area contributed by atoms with Crippen molar-refractivity contribution >= 4 is 78.9 Å². The zero-order valence-corrected chi connectivity index (χ0v) is 14.0. The van der Waals surface area contributed by atoms with Crippen molar-refractivity contribution in [2.45, 2.75) is 6.54 Å². The molecule has 0 radical (unpaired) electrons. The van der Waals surface area contributed by atoms with E-state index in [1.54, 1.807) is 17.4 Å². The van der Waals surface area contributed by atoms with Crippen LogP contribution in [0.5, 0.6) is 0 Å². The largest absolute Gasteiger partial charge is 0.378 e. The molecule has 1 N–H and O–H groups in total. The molecule has 0 atom stereocenters. The molecule has 0 bridgehead atoms. The number of aromatic nitrogens is 2. The smallest absolute Gasteiger partial charge is 0.130 e. The van der Waals surface area contributed by atoms with E-state index in [1.165, 1.54) is 5.56 Å². The molecular weight excluding hydrogens is 389 g/mol. The Morgan fingerprint density at radius 3 is 2.68 bits per heavy atom. The van der Waals surface area contributed by atoms with Gasteiger partial charge in [0, 0.05) is 6.54 Å². The molecule has 0 saturated carbocycles. The second-order valence-electron chi connectivity index (χ2n) is 3.79. The molecule has 3 nitrogen and oxygen atoms in total. The van der Waals surface area contributed by atoms with Gasteiger partial charge in [-0.3, -0.25) is 0 Å². The van der Waals surface area contributed by atoms with Crippen LogP contribution in [0.4, 0.5) is 5.69 Å². The van der Waals surface area contributed by atoms with Crippen LogP contribution in [-0.2, 0) is 6.54 Å². The highest BCUT2D eigenvalue weighted by atomic mass is 79.9. The molecule has 3 rings (SSSR count). The van der Waals surface area contributed by atoms with E-state index < -0.39 is 0 Å². The normalized spacial score (nSPS) is 11.1. The highest BCUT2D eigenvalue weighted by Crippen LogP contribution is 2.35. The number of fused-ring (bicyclic) bond motifs is 1. The summed E-state index contributed by atoms with van der Waals surface area (Å²) in [5.41, 5.74) is 3.36. The first-order valence-corrected chi connectivity index (χ1v) is 8.38. The van der Waals surface area contributed by atoms with E-state index in [1.807, 2.05) is 0 Å². The Hall–Kier alpha value is -0.400. The van der Waals surface area contributed by atoms with Gasteiger partial charge in [-0.05, 0) is 39.0 Å².